The van der Waals surface area contributed by atoms with Crippen LogP contribution in [0, 0.1) is 5.92 Å². The van der Waals surface area contributed by atoms with Crippen LogP contribution in [0.1, 0.15) is 27.7 Å². The molecule has 108 valence electrons. The molecule has 0 radical (unpaired) electrons. The maximum atomic E-state index is 9.40. The first kappa shape index (κ1) is 15.6. The zero-order valence-corrected chi connectivity index (χ0v) is 12.5. The number of anilines is 2. The largest absolute Gasteiger partial charge is 0.476 e. The van der Waals surface area contributed by atoms with Gasteiger partial charge in [-0.05, 0) is 31.9 Å². The van der Waals surface area contributed by atoms with Crippen LogP contribution >= 0.6 is 0 Å². The Morgan fingerprint density at radius 2 is 2.05 bits per heavy atom. The third kappa shape index (κ3) is 3.99. The van der Waals surface area contributed by atoms with Gasteiger partial charge in [0, 0.05) is 7.05 Å². The number of aliphatic hydroxyl groups is 1. The molecule has 0 bridgehead atoms. The van der Waals surface area contributed by atoms with Crippen molar-refractivity contribution in [3.05, 3.63) is 12.1 Å². The van der Waals surface area contributed by atoms with Crippen LogP contribution in [0.25, 0.3) is 0 Å². The number of aliphatic hydroxyl groups excluding tert-OH is 1. The number of nitrogens with two attached hydrogens (primary N) is 1. The average molecular weight is 267 g/mol. The molecule has 0 aliphatic carbocycles. The van der Waals surface area contributed by atoms with E-state index in [1.54, 1.807) is 6.07 Å². The van der Waals surface area contributed by atoms with Crippen molar-refractivity contribution in [1.29, 1.82) is 0 Å². The van der Waals surface area contributed by atoms with Crippen LogP contribution in [0.4, 0.5) is 11.5 Å². The fourth-order valence-corrected chi connectivity index (χ4v) is 1.41. The summed E-state index contributed by atoms with van der Waals surface area (Å²) in [5.74, 6) is 1.59. The minimum atomic E-state index is -0.390. The number of ether oxygens (including phenoxy) is 1. The minimum absolute atomic E-state index is 0.0394. The Kier molecular flexibility index (Phi) is 5.00. The molecule has 1 aromatic rings. The van der Waals surface area contributed by atoms with Crippen LogP contribution in [0.15, 0.2) is 12.1 Å². The molecule has 0 atom stereocenters. The van der Waals surface area contributed by atoms with Crippen LogP contribution < -0.4 is 15.4 Å². The van der Waals surface area contributed by atoms with Crippen molar-refractivity contribution in [3.63, 3.8) is 0 Å². The van der Waals surface area contributed by atoms with E-state index in [2.05, 4.69) is 18.8 Å². The highest BCUT2D eigenvalue weighted by Gasteiger charge is 2.24. The lowest BCUT2D eigenvalue weighted by atomic mass is 10.1. The molecular formula is C14H25N3O2. The predicted molar refractivity (Wildman–Crippen MR) is 78.6 cm³/mol. The highest BCUT2D eigenvalue weighted by atomic mass is 16.5. The Labute approximate surface area is 115 Å². The topological polar surface area (TPSA) is 71.6 Å². The third-order valence-electron chi connectivity index (χ3n) is 3.07. The number of nitrogen functional groups attached to an aromatic ring is 1. The van der Waals surface area contributed by atoms with Gasteiger partial charge in [0.25, 0.3) is 0 Å². The van der Waals surface area contributed by atoms with E-state index in [1.165, 1.54) is 0 Å². The molecule has 5 nitrogen and oxygen atoms in total. The van der Waals surface area contributed by atoms with Crippen molar-refractivity contribution in [3.8, 4) is 5.88 Å². The van der Waals surface area contributed by atoms with E-state index in [-0.39, 0.29) is 6.61 Å². The molecule has 0 aromatic carbocycles. The van der Waals surface area contributed by atoms with Gasteiger partial charge in [0.2, 0.25) is 5.88 Å². The van der Waals surface area contributed by atoms with Crippen molar-refractivity contribution >= 4 is 11.5 Å². The summed E-state index contributed by atoms with van der Waals surface area (Å²) in [5.41, 5.74) is 6.00. The van der Waals surface area contributed by atoms with Crippen molar-refractivity contribution in [2.24, 2.45) is 5.92 Å². The molecule has 3 N–H and O–H groups in total. The summed E-state index contributed by atoms with van der Waals surface area (Å²) in [5, 5.41) is 9.40. The van der Waals surface area contributed by atoms with Gasteiger partial charge in [0.05, 0.1) is 24.4 Å². The van der Waals surface area contributed by atoms with Gasteiger partial charge >= 0.3 is 0 Å². The fourth-order valence-electron chi connectivity index (χ4n) is 1.41. The summed E-state index contributed by atoms with van der Waals surface area (Å²) in [7, 11) is 1.89. The molecule has 0 spiro atoms. The Morgan fingerprint density at radius 1 is 1.42 bits per heavy atom. The van der Waals surface area contributed by atoms with Crippen molar-refractivity contribution in [2.75, 3.05) is 30.9 Å². The lowest BCUT2D eigenvalue weighted by Gasteiger charge is -2.35. The molecule has 19 heavy (non-hydrogen) atoms. The van der Waals surface area contributed by atoms with Gasteiger partial charge in [-0.15, -0.1) is 0 Å². The predicted octanol–water partition coefficient (Wildman–Crippen LogP) is 1.91. The van der Waals surface area contributed by atoms with E-state index >= 15 is 0 Å². The quantitative estimate of drug-likeness (QED) is 0.823. The number of hydrogen-bond acceptors (Lipinski definition) is 5. The second kappa shape index (κ2) is 6.10. The summed E-state index contributed by atoms with van der Waals surface area (Å²) in [6, 6.07) is 3.61. The van der Waals surface area contributed by atoms with E-state index in [9.17, 15) is 5.11 Å². The van der Waals surface area contributed by atoms with Gasteiger partial charge in [-0.3, -0.25) is 0 Å². The van der Waals surface area contributed by atoms with Gasteiger partial charge in [-0.2, -0.15) is 4.98 Å². The molecule has 0 aliphatic rings. The van der Waals surface area contributed by atoms with E-state index in [0.29, 0.717) is 24.1 Å². The Hall–Kier alpha value is -1.49. The smallest absolute Gasteiger partial charge is 0.239 e. The molecule has 1 heterocycles. The van der Waals surface area contributed by atoms with Crippen LogP contribution in [-0.2, 0) is 0 Å². The summed E-state index contributed by atoms with van der Waals surface area (Å²) >= 11 is 0. The fraction of sp³-hybridized carbons (Fsp3) is 0.643. The van der Waals surface area contributed by atoms with Crippen LogP contribution in [0.2, 0.25) is 0 Å². The Bertz CT molecular complexity index is 419. The molecule has 0 amide bonds. The van der Waals surface area contributed by atoms with Gasteiger partial charge in [-0.25, -0.2) is 0 Å². The molecule has 1 aromatic heterocycles. The molecule has 0 aliphatic heterocycles. The molecule has 0 unspecified atom stereocenters. The molecule has 1 rings (SSSR count). The summed E-state index contributed by atoms with van der Waals surface area (Å²) in [6.45, 7) is 8.65. The third-order valence-corrected chi connectivity index (χ3v) is 3.07. The minimum Gasteiger partial charge on any atom is -0.476 e. The number of nitrogens with zero attached hydrogens (tertiary/aromatic N) is 2. The second-order valence-corrected chi connectivity index (χ2v) is 5.80. The lowest BCUT2D eigenvalue weighted by Crippen LogP contribution is -2.44. The number of likely N-dealkylation sites (N-methyl/N-ethyl adjacent to an activating group) is 1. The molecule has 0 fully saturated rings. The summed E-state index contributed by atoms with van der Waals surface area (Å²) in [4.78, 5) is 6.34. The van der Waals surface area contributed by atoms with Crippen LogP contribution in [0.3, 0.4) is 0 Å². The van der Waals surface area contributed by atoms with Gasteiger partial charge in [0.15, 0.2) is 0 Å². The SMILES string of the molecule is CC(C)COc1nc(N(C)C(C)(C)CO)ccc1N. The van der Waals surface area contributed by atoms with Gasteiger partial charge in [0.1, 0.15) is 5.82 Å². The number of pyridine rings is 1. The Morgan fingerprint density at radius 3 is 2.58 bits per heavy atom. The van der Waals surface area contributed by atoms with E-state index in [4.69, 9.17) is 10.5 Å². The zero-order chi connectivity index (χ0) is 14.6. The number of rotatable bonds is 6. The molecular weight excluding hydrogens is 242 g/mol. The van der Waals surface area contributed by atoms with Crippen LogP contribution in [0.5, 0.6) is 5.88 Å². The lowest BCUT2D eigenvalue weighted by molar-refractivity contribution is 0.215. The molecule has 0 saturated heterocycles. The monoisotopic (exact) mass is 267 g/mol. The van der Waals surface area contributed by atoms with E-state index in [1.807, 2.05) is 31.9 Å². The van der Waals surface area contributed by atoms with E-state index in [0.717, 1.165) is 5.82 Å². The van der Waals surface area contributed by atoms with Crippen molar-refractivity contribution in [1.82, 2.24) is 4.98 Å². The van der Waals surface area contributed by atoms with E-state index < -0.39 is 5.54 Å². The van der Waals surface area contributed by atoms with Crippen molar-refractivity contribution in [2.45, 2.75) is 33.2 Å². The highest BCUT2D eigenvalue weighted by Crippen LogP contribution is 2.26. The standard InChI is InChI=1S/C14H25N3O2/c1-10(2)8-19-13-11(15)6-7-12(16-13)17(5)14(3,4)9-18/h6-7,10,18H,8-9,15H2,1-5H3. The maximum absolute atomic E-state index is 9.40. The van der Waals surface area contributed by atoms with Gasteiger partial charge in [-0.1, -0.05) is 13.8 Å². The number of hydrogen-bond donors (Lipinski definition) is 2. The summed E-state index contributed by atoms with van der Waals surface area (Å²) < 4.78 is 5.61. The zero-order valence-electron chi connectivity index (χ0n) is 12.5. The highest BCUT2D eigenvalue weighted by molar-refractivity contribution is 5.55. The first-order valence-electron chi connectivity index (χ1n) is 6.52. The molecule has 5 heteroatoms. The van der Waals surface area contributed by atoms with Crippen molar-refractivity contribution < 1.29 is 9.84 Å². The Balaban J connectivity index is 2.95. The second-order valence-electron chi connectivity index (χ2n) is 5.80. The van der Waals surface area contributed by atoms with Gasteiger partial charge < -0.3 is 20.5 Å². The van der Waals surface area contributed by atoms with Crippen LogP contribution in [-0.4, -0.2) is 35.9 Å². The number of aromatic nitrogens is 1. The first-order chi connectivity index (χ1) is 8.77. The normalized spacial score (nSPS) is 11.7. The molecule has 0 saturated carbocycles. The first-order valence-corrected chi connectivity index (χ1v) is 6.52. The summed E-state index contributed by atoms with van der Waals surface area (Å²) in [6.07, 6.45) is 0. The average Bonchev–Trinajstić information content (AvgIpc) is 2.36. The maximum Gasteiger partial charge on any atom is 0.239 e.